The van der Waals surface area contributed by atoms with Crippen LogP contribution in [0.4, 0.5) is 0 Å². The fourth-order valence-electron chi connectivity index (χ4n) is 1.92. The van der Waals surface area contributed by atoms with Gasteiger partial charge in [-0.2, -0.15) is 11.8 Å². The summed E-state index contributed by atoms with van der Waals surface area (Å²) in [5.74, 6) is 7.26. The SMILES string of the molecule is CSCCC(C)N(C)Cc1cccc(C#CCCO)c1. The van der Waals surface area contributed by atoms with E-state index < -0.39 is 0 Å². The van der Waals surface area contributed by atoms with E-state index in [2.05, 4.69) is 55.2 Å². The molecule has 1 atom stereocenters. The molecule has 0 saturated heterocycles. The van der Waals surface area contributed by atoms with Gasteiger partial charge in [-0.25, -0.2) is 0 Å². The Kier molecular flexibility index (Phi) is 8.45. The molecule has 0 heterocycles. The molecule has 0 saturated carbocycles. The maximum Gasteiger partial charge on any atom is 0.0540 e. The van der Waals surface area contributed by atoms with Crippen molar-refractivity contribution >= 4 is 11.8 Å². The maximum absolute atomic E-state index is 8.74. The number of nitrogens with zero attached hydrogens (tertiary/aromatic N) is 1. The van der Waals surface area contributed by atoms with Gasteiger partial charge < -0.3 is 5.11 Å². The van der Waals surface area contributed by atoms with Crippen molar-refractivity contribution in [2.24, 2.45) is 0 Å². The fraction of sp³-hybridized carbons (Fsp3) is 0.529. The molecule has 0 aliphatic rings. The average molecular weight is 291 g/mol. The normalized spacial score (nSPS) is 12.1. The van der Waals surface area contributed by atoms with Gasteiger partial charge >= 0.3 is 0 Å². The monoisotopic (exact) mass is 291 g/mol. The molecule has 0 aliphatic carbocycles. The molecule has 0 spiro atoms. The van der Waals surface area contributed by atoms with E-state index in [0.29, 0.717) is 12.5 Å². The molecule has 0 radical (unpaired) electrons. The quantitative estimate of drug-likeness (QED) is 0.781. The van der Waals surface area contributed by atoms with Crippen molar-refractivity contribution in [3.05, 3.63) is 35.4 Å². The van der Waals surface area contributed by atoms with Crippen molar-refractivity contribution in [2.75, 3.05) is 25.7 Å². The lowest BCUT2D eigenvalue weighted by molar-refractivity contribution is 0.245. The summed E-state index contributed by atoms with van der Waals surface area (Å²) in [6.07, 6.45) is 3.91. The third-order valence-corrected chi connectivity index (χ3v) is 3.96. The van der Waals surface area contributed by atoms with E-state index in [1.54, 1.807) is 0 Å². The van der Waals surface area contributed by atoms with Crippen LogP contribution in [-0.2, 0) is 6.54 Å². The molecule has 0 fully saturated rings. The first-order valence-corrected chi connectivity index (χ1v) is 8.44. The summed E-state index contributed by atoms with van der Waals surface area (Å²) in [5, 5.41) is 8.74. The van der Waals surface area contributed by atoms with Crippen LogP contribution in [0.3, 0.4) is 0 Å². The first kappa shape index (κ1) is 17.1. The molecule has 1 N–H and O–H groups in total. The van der Waals surface area contributed by atoms with Gasteiger partial charge in [-0.05, 0) is 50.1 Å². The number of hydrogen-bond donors (Lipinski definition) is 1. The highest BCUT2D eigenvalue weighted by molar-refractivity contribution is 7.98. The Labute approximate surface area is 127 Å². The Hall–Kier alpha value is -0.950. The highest BCUT2D eigenvalue weighted by atomic mass is 32.2. The van der Waals surface area contributed by atoms with Gasteiger partial charge in [-0.15, -0.1) is 0 Å². The minimum Gasteiger partial charge on any atom is -0.395 e. The van der Waals surface area contributed by atoms with Gasteiger partial charge in [-0.3, -0.25) is 4.90 Å². The van der Waals surface area contributed by atoms with E-state index in [-0.39, 0.29) is 6.61 Å². The highest BCUT2D eigenvalue weighted by Gasteiger charge is 2.09. The smallest absolute Gasteiger partial charge is 0.0540 e. The van der Waals surface area contributed by atoms with Crippen LogP contribution < -0.4 is 0 Å². The zero-order valence-electron chi connectivity index (χ0n) is 12.7. The first-order valence-electron chi connectivity index (χ1n) is 7.05. The molecule has 2 nitrogen and oxygen atoms in total. The third kappa shape index (κ3) is 6.47. The number of aliphatic hydroxyl groups is 1. The summed E-state index contributed by atoms with van der Waals surface area (Å²) < 4.78 is 0. The van der Waals surface area contributed by atoms with Gasteiger partial charge in [0.15, 0.2) is 0 Å². The third-order valence-electron chi connectivity index (χ3n) is 3.32. The van der Waals surface area contributed by atoms with Gasteiger partial charge in [0.2, 0.25) is 0 Å². The van der Waals surface area contributed by atoms with Crippen molar-refractivity contribution in [2.45, 2.75) is 32.4 Å². The van der Waals surface area contributed by atoms with E-state index in [0.717, 1.165) is 12.1 Å². The number of thioether (sulfide) groups is 1. The summed E-state index contributed by atoms with van der Waals surface area (Å²) in [5.41, 5.74) is 2.32. The number of aliphatic hydroxyl groups excluding tert-OH is 1. The van der Waals surface area contributed by atoms with Gasteiger partial charge in [0, 0.05) is 24.6 Å². The van der Waals surface area contributed by atoms with Gasteiger partial charge in [0.1, 0.15) is 0 Å². The van der Waals surface area contributed by atoms with Gasteiger partial charge in [-0.1, -0.05) is 24.0 Å². The minimum atomic E-state index is 0.127. The summed E-state index contributed by atoms with van der Waals surface area (Å²) >= 11 is 1.90. The maximum atomic E-state index is 8.74. The molecule has 0 amide bonds. The predicted molar refractivity (Wildman–Crippen MR) is 89.0 cm³/mol. The van der Waals surface area contributed by atoms with Crippen LogP contribution >= 0.6 is 11.8 Å². The molecule has 20 heavy (non-hydrogen) atoms. The summed E-state index contributed by atoms with van der Waals surface area (Å²) in [7, 11) is 2.18. The van der Waals surface area contributed by atoms with Crippen LogP contribution in [0.2, 0.25) is 0 Å². The van der Waals surface area contributed by atoms with Crippen LogP contribution in [0.15, 0.2) is 24.3 Å². The fourth-order valence-corrected chi connectivity index (χ4v) is 2.50. The van der Waals surface area contributed by atoms with Crippen LogP contribution in [0.1, 0.15) is 30.9 Å². The summed E-state index contributed by atoms with van der Waals surface area (Å²) in [6, 6.07) is 8.95. The van der Waals surface area contributed by atoms with E-state index >= 15 is 0 Å². The Morgan fingerprint density at radius 3 is 2.90 bits per heavy atom. The second-order valence-corrected chi connectivity index (χ2v) is 6.01. The second kappa shape index (κ2) is 9.88. The van der Waals surface area contributed by atoms with Crippen molar-refractivity contribution in [3.8, 4) is 11.8 Å². The van der Waals surface area contributed by atoms with Crippen LogP contribution in [-0.4, -0.2) is 41.7 Å². The lowest BCUT2D eigenvalue weighted by atomic mass is 10.1. The van der Waals surface area contributed by atoms with E-state index in [9.17, 15) is 0 Å². The summed E-state index contributed by atoms with van der Waals surface area (Å²) in [6.45, 7) is 3.36. The predicted octanol–water partition coefficient (Wildman–Crippen LogP) is 2.99. The Balaban J connectivity index is 2.59. The zero-order chi connectivity index (χ0) is 14.8. The molecule has 1 aromatic rings. The minimum absolute atomic E-state index is 0.127. The molecule has 1 rings (SSSR count). The molecule has 3 heteroatoms. The van der Waals surface area contributed by atoms with E-state index in [1.807, 2.05) is 17.8 Å². The molecular formula is C17H25NOS. The van der Waals surface area contributed by atoms with Gasteiger partial charge in [0.25, 0.3) is 0 Å². The zero-order valence-corrected chi connectivity index (χ0v) is 13.5. The summed E-state index contributed by atoms with van der Waals surface area (Å²) in [4.78, 5) is 2.39. The average Bonchev–Trinajstić information content (AvgIpc) is 2.45. The topological polar surface area (TPSA) is 23.5 Å². The largest absolute Gasteiger partial charge is 0.395 e. The number of rotatable bonds is 7. The van der Waals surface area contributed by atoms with Crippen molar-refractivity contribution in [3.63, 3.8) is 0 Å². The second-order valence-electron chi connectivity index (χ2n) is 5.02. The van der Waals surface area contributed by atoms with Crippen molar-refractivity contribution < 1.29 is 5.11 Å². The number of benzene rings is 1. The van der Waals surface area contributed by atoms with Crippen LogP contribution in [0, 0.1) is 11.8 Å². The standard InChI is InChI=1S/C17H25NOS/c1-15(10-12-20-3)18(2)14-17-9-6-8-16(13-17)7-4-5-11-19/h6,8-9,13,15,19H,5,10-12,14H2,1-3H3. The molecule has 0 aromatic heterocycles. The Bertz CT molecular complexity index is 450. The molecule has 1 aromatic carbocycles. The molecular weight excluding hydrogens is 266 g/mol. The van der Waals surface area contributed by atoms with Crippen molar-refractivity contribution in [1.82, 2.24) is 4.90 Å². The molecule has 110 valence electrons. The first-order chi connectivity index (χ1) is 9.67. The molecule has 0 aliphatic heterocycles. The lowest BCUT2D eigenvalue weighted by Crippen LogP contribution is -2.29. The van der Waals surface area contributed by atoms with E-state index in [4.69, 9.17) is 5.11 Å². The lowest BCUT2D eigenvalue weighted by Gasteiger charge is -2.24. The molecule has 1 unspecified atom stereocenters. The van der Waals surface area contributed by atoms with Crippen LogP contribution in [0.25, 0.3) is 0 Å². The van der Waals surface area contributed by atoms with E-state index in [1.165, 1.54) is 17.7 Å². The van der Waals surface area contributed by atoms with Crippen LogP contribution in [0.5, 0.6) is 0 Å². The van der Waals surface area contributed by atoms with Gasteiger partial charge in [0.05, 0.1) is 6.61 Å². The van der Waals surface area contributed by atoms with Crippen molar-refractivity contribution in [1.29, 1.82) is 0 Å². The highest BCUT2D eigenvalue weighted by Crippen LogP contribution is 2.12. The number of hydrogen-bond acceptors (Lipinski definition) is 3. The Morgan fingerprint density at radius 2 is 2.20 bits per heavy atom. The molecule has 0 bridgehead atoms. The Morgan fingerprint density at radius 1 is 1.40 bits per heavy atom.